The summed E-state index contributed by atoms with van der Waals surface area (Å²) in [6.07, 6.45) is 13.4. The second-order valence-electron chi connectivity index (χ2n) is 9.39. The van der Waals surface area contributed by atoms with Crippen LogP contribution in [-0.4, -0.2) is 24.1 Å². The van der Waals surface area contributed by atoms with E-state index in [2.05, 4.69) is 59.6 Å². The van der Waals surface area contributed by atoms with Gasteiger partial charge in [-0.25, -0.2) is 0 Å². The number of rotatable bonds is 10. The molecule has 0 spiro atoms. The summed E-state index contributed by atoms with van der Waals surface area (Å²) in [5.74, 6) is 1.70. The van der Waals surface area contributed by atoms with Gasteiger partial charge in [0.1, 0.15) is 5.75 Å². The molecule has 0 amide bonds. The van der Waals surface area contributed by atoms with Gasteiger partial charge >= 0.3 is 0 Å². The number of nitrogens with zero attached hydrogens (tertiary/aromatic N) is 1. The number of unbranched alkanes of at least 4 members (excludes halogenated alkanes) is 1. The summed E-state index contributed by atoms with van der Waals surface area (Å²) >= 11 is 6.59. The monoisotopic (exact) mass is 448 g/mol. The van der Waals surface area contributed by atoms with Crippen LogP contribution in [0.15, 0.2) is 60.3 Å². The number of hydrogen-bond acceptors (Lipinski definition) is 3. The number of allylic oxidation sites excluding steroid dienone is 2. The molecule has 0 aromatic heterocycles. The lowest BCUT2D eigenvalue weighted by Crippen LogP contribution is -2.22. The molecule has 0 radical (unpaired) electrons. The minimum absolute atomic E-state index is 0.407. The Kier molecular flexibility index (Phi) is 6.56. The predicted molar refractivity (Wildman–Crippen MR) is 133 cm³/mol. The maximum atomic E-state index is 6.59. The molecular weight excluding hydrogens is 416 g/mol. The highest BCUT2D eigenvalue weighted by molar-refractivity contribution is 6.31. The van der Waals surface area contributed by atoms with Crippen LogP contribution in [0.5, 0.6) is 5.75 Å². The molecule has 3 aliphatic rings. The van der Waals surface area contributed by atoms with E-state index in [1.165, 1.54) is 53.5 Å². The van der Waals surface area contributed by atoms with E-state index in [1.807, 2.05) is 0 Å². The minimum Gasteiger partial charge on any atom is -0.490 e. The van der Waals surface area contributed by atoms with Crippen molar-refractivity contribution in [3.8, 4) is 5.75 Å². The molecule has 0 bridgehead atoms. The molecule has 2 saturated carbocycles. The molecule has 3 nitrogen and oxygen atoms in total. The Bertz CT molecular complexity index is 1020. The van der Waals surface area contributed by atoms with Gasteiger partial charge in [0.2, 0.25) is 0 Å². The second-order valence-corrected chi connectivity index (χ2v) is 9.80. The Morgan fingerprint density at radius 1 is 1.03 bits per heavy atom. The molecule has 0 atom stereocenters. The fraction of sp³-hybridized carbons (Fsp3) is 0.429. The van der Waals surface area contributed by atoms with Gasteiger partial charge in [-0.3, -0.25) is 0 Å². The zero-order chi connectivity index (χ0) is 21.9. The Morgan fingerprint density at radius 2 is 1.88 bits per heavy atom. The normalized spacial score (nSPS) is 18.4. The van der Waals surface area contributed by atoms with Gasteiger partial charge in [-0.2, -0.15) is 0 Å². The lowest BCUT2D eigenvalue weighted by molar-refractivity contribution is 0.302. The van der Waals surface area contributed by atoms with Crippen molar-refractivity contribution in [2.45, 2.75) is 57.6 Å². The molecule has 4 heteroatoms. The SMILES string of the molecule is NCCCCc1ccc(Cl)c(CN2C=C(C3CC3)C(c3ccccc3OC3CC3)=CC2)c1. The molecule has 168 valence electrons. The molecule has 32 heavy (non-hydrogen) atoms. The molecule has 0 unspecified atom stereocenters. The van der Waals surface area contributed by atoms with Gasteiger partial charge in [-0.05, 0) is 91.8 Å². The van der Waals surface area contributed by atoms with E-state index in [-0.39, 0.29) is 0 Å². The van der Waals surface area contributed by atoms with Gasteiger partial charge in [-0.15, -0.1) is 0 Å². The third-order valence-corrected chi connectivity index (χ3v) is 6.95. The Labute approximate surface area is 196 Å². The average molecular weight is 449 g/mol. The van der Waals surface area contributed by atoms with Crippen molar-refractivity contribution >= 4 is 17.2 Å². The van der Waals surface area contributed by atoms with Crippen molar-refractivity contribution in [1.82, 2.24) is 4.90 Å². The number of aryl methyl sites for hydroxylation is 1. The van der Waals surface area contributed by atoms with E-state index < -0.39 is 0 Å². The summed E-state index contributed by atoms with van der Waals surface area (Å²) in [5.41, 5.74) is 12.3. The summed E-state index contributed by atoms with van der Waals surface area (Å²) in [6, 6.07) is 15.0. The van der Waals surface area contributed by atoms with Gasteiger partial charge in [0, 0.05) is 29.9 Å². The number of para-hydroxylation sites is 1. The Morgan fingerprint density at radius 3 is 2.66 bits per heavy atom. The van der Waals surface area contributed by atoms with Crippen LogP contribution in [0.1, 0.15) is 55.2 Å². The van der Waals surface area contributed by atoms with Crippen LogP contribution in [0, 0.1) is 5.92 Å². The first-order valence-corrected chi connectivity index (χ1v) is 12.5. The molecule has 5 rings (SSSR count). The van der Waals surface area contributed by atoms with Crippen molar-refractivity contribution in [3.05, 3.63) is 82.0 Å². The second kappa shape index (κ2) is 9.72. The first-order chi connectivity index (χ1) is 15.7. The van der Waals surface area contributed by atoms with Crippen LogP contribution in [0.2, 0.25) is 5.02 Å². The molecule has 2 fully saturated rings. The minimum atomic E-state index is 0.407. The summed E-state index contributed by atoms with van der Waals surface area (Å²) in [7, 11) is 0. The van der Waals surface area contributed by atoms with E-state index in [9.17, 15) is 0 Å². The van der Waals surface area contributed by atoms with Crippen LogP contribution in [0.3, 0.4) is 0 Å². The highest BCUT2D eigenvalue weighted by Crippen LogP contribution is 2.46. The summed E-state index contributed by atoms with van der Waals surface area (Å²) in [5, 5.41) is 0.854. The molecule has 1 aliphatic heterocycles. The molecule has 2 N–H and O–H groups in total. The molecule has 0 saturated heterocycles. The molecule has 2 aromatic carbocycles. The van der Waals surface area contributed by atoms with E-state index in [0.717, 1.165) is 49.7 Å². The standard InChI is InChI=1S/C28H33ClN2O/c29-27-13-8-20(5-3-4-15-30)17-22(27)18-31-16-14-24(26(19-31)21-9-10-21)25-6-1-2-7-28(25)32-23-11-12-23/h1-2,6-8,13-14,17,19,21,23H,3-5,9-12,15-16,18,30H2. The van der Waals surface area contributed by atoms with Gasteiger partial charge in [0.25, 0.3) is 0 Å². The third kappa shape index (κ3) is 5.22. The summed E-state index contributed by atoms with van der Waals surface area (Å²) in [6.45, 7) is 2.48. The Hall–Kier alpha value is -2.23. The van der Waals surface area contributed by atoms with Crippen LogP contribution in [0.25, 0.3) is 5.57 Å². The van der Waals surface area contributed by atoms with Crippen molar-refractivity contribution < 1.29 is 4.74 Å². The van der Waals surface area contributed by atoms with E-state index in [0.29, 0.717) is 12.0 Å². The highest BCUT2D eigenvalue weighted by Gasteiger charge is 2.32. The lowest BCUT2D eigenvalue weighted by atomic mass is 9.92. The van der Waals surface area contributed by atoms with Crippen molar-refractivity contribution in [3.63, 3.8) is 0 Å². The van der Waals surface area contributed by atoms with Gasteiger partial charge < -0.3 is 15.4 Å². The number of hydrogen-bond donors (Lipinski definition) is 1. The molecule has 2 aromatic rings. The lowest BCUT2D eigenvalue weighted by Gasteiger charge is -2.28. The van der Waals surface area contributed by atoms with Crippen molar-refractivity contribution in [2.24, 2.45) is 11.7 Å². The van der Waals surface area contributed by atoms with E-state index >= 15 is 0 Å². The van der Waals surface area contributed by atoms with Crippen LogP contribution in [0.4, 0.5) is 0 Å². The number of nitrogens with two attached hydrogens (primary N) is 1. The average Bonchev–Trinajstić information content (AvgIpc) is 3.72. The topological polar surface area (TPSA) is 38.5 Å². The summed E-state index contributed by atoms with van der Waals surface area (Å²) in [4.78, 5) is 2.41. The summed E-state index contributed by atoms with van der Waals surface area (Å²) < 4.78 is 6.24. The maximum Gasteiger partial charge on any atom is 0.127 e. The van der Waals surface area contributed by atoms with E-state index in [1.54, 1.807) is 0 Å². The number of benzene rings is 2. The Balaban J connectivity index is 1.35. The van der Waals surface area contributed by atoms with Gasteiger partial charge in [-0.1, -0.05) is 48.0 Å². The first-order valence-electron chi connectivity index (χ1n) is 12.1. The fourth-order valence-electron chi connectivity index (χ4n) is 4.50. The van der Waals surface area contributed by atoms with Crippen LogP contribution in [-0.2, 0) is 13.0 Å². The van der Waals surface area contributed by atoms with Gasteiger partial charge in [0.05, 0.1) is 6.10 Å². The number of ether oxygens (including phenoxy) is 1. The zero-order valence-corrected chi connectivity index (χ0v) is 19.5. The largest absolute Gasteiger partial charge is 0.490 e. The molecular formula is C28H33ClN2O. The number of halogens is 1. The van der Waals surface area contributed by atoms with Crippen LogP contribution >= 0.6 is 11.6 Å². The quantitative estimate of drug-likeness (QED) is 0.430. The van der Waals surface area contributed by atoms with Crippen LogP contribution < -0.4 is 10.5 Å². The first kappa shape index (κ1) is 21.6. The van der Waals surface area contributed by atoms with E-state index in [4.69, 9.17) is 22.1 Å². The highest BCUT2D eigenvalue weighted by atomic mass is 35.5. The maximum absolute atomic E-state index is 6.59. The van der Waals surface area contributed by atoms with Gasteiger partial charge in [0.15, 0.2) is 0 Å². The zero-order valence-electron chi connectivity index (χ0n) is 18.7. The van der Waals surface area contributed by atoms with Crippen molar-refractivity contribution in [1.29, 1.82) is 0 Å². The molecule has 2 aliphatic carbocycles. The van der Waals surface area contributed by atoms with Crippen molar-refractivity contribution in [2.75, 3.05) is 13.1 Å². The smallest absolute Gasteiger partial charge is 0.127 e. The third-order valence-electron chi connectivity index (χ3n) is 6.58. The fourth-order valence-corrected chi connectivity index (χ4v) is 4.67. The predicted octanol–water partition coefficient (Wildman–Crippen LogP) is 6.36. The molecule has 1 heterocycles.